The molecule has 0 unspecified atom stereocenters. The first-order chi connectivity index (χ1) is 10.2. The van der Waals surface area contributed by atoms with E-state index in [-0.39, 0.29) is 5.91 Å². The van der Waals surface area contributed by atoms with Gasteiger partial charge in [0.05, 0.1) is 0 Å². The van der Waals surface area contributed by atoms with Gasteiger partial charge >= 0.3 is 5.91 Å². The molecule has 2 heterocycles. The van der Waals surface area contributed by atoms with E-state index in [1.54, 1.807) is 0 Å². The Kier molecular flexibility index (Phi) is 3.92. The maximum atomic E-state index is 11.9. The van der Waals surface area contributed by atoms with E-state index in [1.165, 1.54) is 0 Å². The number of nitrogen functional groups attached to an aromatic ring is 1. The lowest BCUT2D eigenvalue weighted by Crippen LogP contribution is -2.44. The highest BCUT2D eigenvalue weighted by Gasteiger charge is 2.23. The van der Waals surface area contributed by atoms with Crippen molar-refractivity contribution < 1.29 is 9.21 Å². The van der Waals surface area contributed by atoms with Crippen molar-refractivity contribution in [2.45, 2.75) is 6.54 Å². The molecule has 0 bridgehead atoms. The minimum atomic E-state index is -0.379. The fourth-order valence-corrected chi connectivity index (χ4v) is 2.73. The summed E-state index contributed by atoms with van der Waals surface area (Å²) >= 11 is 0. The number of fused-ring (bicyclic) bond motifs is 1. The molecule has 1 aliphatic rings. The van der Waals surface area contributed by atoms with E-state index in [0.717, 1.165) is 42.7 Å². The Balaban J connectivity index is 1.93. The van der Waals surface area contributed by atoms with Gasteiger partial charge in [-0.1, -0.05) is 18.2 Å². The summed E-state index contributed by atoms with van der Waals surface area (Å²) in [4.78, 5) is 16.6. The number of hydrazine groups is 1. The summed E-state index contributed by atoms with van der Waals surface area (Å²) in [6.07, 6.45) is 0. The number of nitrogens with one attached hydrogen (secondary N) is 1. The molecule has 3 rings (SSSR count). The summed E-state index contributed by atoms with van der Waals surface area (Å²) in [5.41, 5.74) is 3.80. The summed E-state index contributed by atoms with van der Waals surface area (Å²) in [5.74, 6) is 5.20. The number of para-hydroxylation sites is 1. The number of nitrogens with two attached hydrogens (primary N) is 1. The van der Waals surface area contributed by atoms with E-state index >= 15 is 0 Å². The van der Waals surface area contributed by atoms with Gasteiger partial charge in [0.15, 0.2) is 5.76 Å². The first-order valence-corrected chi connectivity index (χ1v) is 7.11. The van der Waals surface area contributed by atoms with Gasteiger partial charge in [0.25, 0.3) is 0 Å². The lowest BCUT2D eigenvalue weighted by atomic mass is 10.1. The highest BCUT2D eigenvalue weighted by molar-refractivity contribution is 5.98. The second-order valence-corrected chi connectivity index (χ2v) is 5.46. The molecule has 112 valence electrons. The fraction of sp³-hybridized carbons (Fsp3) is 0.400. The highest BCUT2D eigenvalue weighted by Crippen LogP contribution is 2.27. The minimum absolute atomic E-state index is 0.317. The van der Waals surface area contributed by atoms with E-state index in [0.29, 0.717) is 12.3 Å². The standard InChI is InChI=1S/C15H20N4O2/c1-18-6-8-19(9-7-18)10-12-11-4-2-3-5-13(11)21-14(12)15(20)17-16/h2-5H,6-10,16H2,1H3,(H,17,20). The van der Waals surface area contributed by atoms with Gasteiger partial charge in [-0.2, -0.15) is 0 Å². The molecule has 3 N–H and O–H groups in total. The molecule has 6 heteroatoms. The molecular weight excluding hydrogens is 268 g/mol. The zero-order valence-electron chi connectivity index (χ0n) is 12.1. The van der Waals surface area contributed by atoms with Gasteiger partial charge in [-0.3, -0.25) is 15.1 Å². The predicted molar refractivity (Wildman–Crippen MR) is 80.6 cm³/mol. The number of hydrogen-bond acceptors (Lipinski definition) is 5. The van der Waals surface area contributed by atoms with E-state index in [2.05, 4.69) is 22.3 Å². The minimum Gasteiger partial charge on any atom is -0.451 e. The van der Waals surface area contributed by atoms with Crippen LogP contribution >= 0.6 is 0 Å². The number of piperazine rings is 1. The molecule has 1 saturated heterocycles. The molecule has 0 saturated carbocycles. The molecule has 1 fully saturated rings. The Labute approximate surface area is 123 Å². The van der Waals surface area contributed by atoms with Crippen molar-refractivity contribution in [2.24, 2.45) is 5.84 Å². The average molecular weight is 288 g/mol. The molecule has 6 nitrogen and oxygen atoms in total. The number of carbonyl (C=O) groups excluding carboxylic acids is 1. The van der Waals surface area contributed by atoms with Crippen LogP contribution in [0.1, 0.15) is 16.1 Å². The molecule has 0 spiro atoms. The Bertz CT molecular complexity index is 644. The van der Waals surface area contributed by atoms with Crippen molar-refractivity contribution in [3.63, 3.8) is 0 Å². The smallest absolute Gasteiger partial charge is 0.301 e. The number of likely N-dealkylation sites (N-methyl/N-ethyl adjacent to an activating group) is 1. The first-order valence-electron chi connectivity index (χ1n) is 7.11. The molecule has 1 aromatic carbocycles. The molecule has 1 aromatic heterocycles. The summed E-state index contributed by atoms with van der Waals surface area (Å²) in [5, 5.41) is 0.982. The third-order valence-electron chi connectivity index (χ3n) is 4.01. The van der Waals surface area contributed by atoms with E-state index in [1.807, 2.05) is 24.3 Å². The molecular formula is C15H20N4O2. The van der Waals surface area contributed by atoms with Gasteiger partial charge < -0.3 is 9.32 Å². The number of amides is 1. The van der Waals surface area contributed by atoms with Gasteiger partial charge in [-0.15, -0.1) is 0 Å². The summed E-state index contributed by atoms with van der Waals surface area (Å²) < 4.78 is 5.69. The molecule has 0 atom stereocenters. The van der Waals surface area contributed by atoms with Crippen LogP contribution in [0, 0.1) is 0 Å². The number of rotatable bonds is 3. The molecule has 0 aliphatic carbocycles. The number of carbonyl (C=O) groups is 1. The predicted octanol–water partition coefficient (Wildman–Crippen LogP) is 0.784. The van der Waals surface area contributed by atoms with Crippen LogP contribution in [0.25, 0.3) is 11.0 Å². The largest absolute Gasteiger partial charge is 0.451 e. The van der Waals surface area contributed by atoms with Crippen LogP contribution in [0.2, 0.25) is 0 Å². The van der Waals surface area contributed by atoms with Crippen LogP contribution in [0.4, 0.5) is 0 Å². The van der Waals surface area contributed by atoms with E-state index in [4.69, 9.17) is 10.3 Å². The summed E-state index contributed by atoms with van der Waals surface area (Å²) in [7, 11) is 2.12. The first kappa shape index (κ1) is 14.1. The monoisotopic (exact) mass is 288 g/mol. The number of furan rings is 1. The molecule has 21 heavy (non-hydrogen) atoms. The molecule has 1 aliphatic heterocycles. The normalized spacial score (nSPS) is 17.2. The van der Waals surface area contributed by atoms with E-state index < -0.39 is 0 Å². The SMILES string of the molecule is CN1CCN(Cc2c(C(=O)NN)oc3ccccc23)CC1. The third kappa shape index (κ3) is 2.78. The van der Waals surface area contributed by atoms with Gasteiger partial charge in [0.2, 0.25) is 0 Å². The zero-order chi connectivity index (χ0) is 14.8. The van der Waals surface area contributed by atoms with Crippen molar-refractivity contribution in [2.75, 3.05) is 33.2 Å². The number of nitrogens with zero attached hydrogens (tertiary/aromatic N) is 2. The van der Waals surface area contributed by atoms with Crippen LogP contribution in [0.5, 0.6) is 0 Å². The van der Waals surface area contributed by atoms with Crippen LogP contribution in [0.3, 0.4) is 0 Å². The molecule has 2 aromatic rings. The van der Waals surface area contributed by atoms with Crippen molar-refractivity contribution in [1.29, 1.82) is 0 Å². The highest BCUT2D eigenvalue weighted by atomic mass is 16.3. The second-order valence-electron chi connectivity index (χ2n) is 5.46. The van der Waals surface area contributed by atoms with Gasteiger partial charge in [0.1, 0.15) is 5.58 Å². The van der Waals surface area contributed by atoms with Crippen molar-refractivity contribution in [1.82, 2.24) is 15.2 Å². The fourth-order valence-electron chi connectivity index (χ4n) is 2.73. The van der Waals surface area contributed by atoms with Crippen LogP contribution in [-0.2, 0) is 6.54 Å². The van der Waals surface area contributed by atoms with Crippen molar-refractivity contribution >= 4 is 16.9 Å². The van der Waals surface area contributed by atoms with Crippen molar-refractivity contribution in [3.05, 3.63) is 35.6 Å². The third-order valence-corrected chi connectivity index (χ3v) is 4.01. The summed E-state index contributed by atoms with van der Waals surface area (Å²) in [6, 6.07) is 7.71. The zero-order valence-corrected chi connectivity index (χ0v) is 12.1. The topological polar surface area (TPSA) is 74.7 Å². The number of benzene rings is 1. The maximum absolute atomic E-state index is 11.9. The van der Waals surface area contributed by atoms with Gasteiger partial charge in [-0.25, -0.2) is 5.84 Å². The van der Waals surface area contributed by atoms with E-state index in [9.17, 15) is 4.79 Å². The van der Waals surface area contributed by atoms with Crippen LogP contribution in [-0.4, -0.2) is 48.9 Å². The Morgan fingerprint density at radius 3 is 2.71 bits per heavy atom. The van der Waals surface area contributed by atoms with Crippen LogP contribution in [0.15, 0.2) is 28.7 Å². The summed E-state index contributed by atoms with van der Waals surface area (Å²) in [6.45, 7) is 4.75. The quantitative estimate of drug-likeness (QED) is 0.496. The maximum Gasteiger partial charge on any atom is 0.301 e. The lowest BCUT2D eigenvalue weighted by molar-refractivity contribution is 0.0923. The number of hydrogen-bond donors (Lipinski definition) is 2. The Morgan fingerprint density at radius 2 is 2.00 bits per heavy atom. The van der Waals surface area contributed by atoms with Gasteiger partial charge in [0, 0.05) is 43.7 Å². The Morgan fingerprint density at radius 1 is 1.29 bits per heavy atom. The lowest BCUT2D eigenvalue weighted by Gasteiger charge is -2.32. The molecule has 1 amide bonds. The van der Waals surface area contributed by atoms with Crippen molar-refractivity contribution in [3.8, 4) is 0 Å². The second kappa shape index (κ2) is 5.85. The van der Waals surface area contributed by atoms with Gasteiger partial charge in [-0.05, 0) is 13.1 Å². The Hall–Kier alpha value is -1.89. The van der Waals surface area contributed by atoms with Crippen LogP contribution < -0.4 is 11.3 Å². The molecule has 0 radical (unpaired) electrons. The average Bonchev–Trinajstić information content (AvgIpc) is 2.88.